The number of para-hydroxylation sites is 1. The van der Waals surface area contributed by atoms with Gasteiger partial charge < -0.3 is 5.32 Å². The van der Waals surface area contributed by atoms with Gasteiger partial charge in [-0.3, -0.25) is 24.3 Å². The van der Waals surface area contributed by atoms with Crippen molar-refractivity contribution >= 4 is 34.3 Å². The molecule has 0 saturated heterocycles. The Bertz CT molecular complexity index is 1150. The largest absolute Gasteiger partial charge is 0.324 e. The summed E-state index contributed by atoms with van der Waals surface area (Å²) in [5.41, 5.74) is 2.34. The van der Waals surface area contributed by atoms with Gasteiger partial charge in [0.15, 0.2) is 0 Å². The van der Waals surface area contributed by atoms with Crippen LogP contribution in [0.15, 0.2) is 60.8 Å². The van der Waals surface area contributed by atoms with E-state index in [1.54, 1.807) is 30.5 Å². The number of nitrogens with zero attached hydrogens (tertiary/aromatic N) is 2. The Morgan fingerprint density at radius 1 is 0.935 bits per heavy atom. The highest BCUT2D eigenvalue weighted by Gasteiger charge is 2.40. The molecule has 1 aliphatic carbocycles. The molecule has 1 aromatic heterocycles. The second-order valence-electron chi connectivity index (χ2n) is 8.29. The predicted octanol–water partition coefficient (Wildman–Crippen LogP) is 4.28. The van der Waals surface area contributed by atoms with Crippen molar-refractivity contribution in [1.29, 1.82) is 0 Å². The van der Waals surface area contributed by atoms with E-state index in [0.717, 1.165) is 36.6 Å². The fraction of sp³-hybridized carbons (Fsp3) is 0.280. The number of imide groups is 1. The zero-order valence-corrected chi connectivity index (χ0v) is 17.1. The van der Waals surface area contributed by atoms with Crippen LogP contribution in [0.4, 0.5) is 5.69 Å². The van der Waals surface area contributed by atoms with E-state index in [1.165, 1.54) is 4.90 Å². The lowest BCUT2D eigenvalue weighted by Crippen LogP contribution is -2.41. The smallest absolute Gasteiger partial charge is 0.261 e. The van der Waals surface area contributed by atoms with E-state index in [0.29, 0.717) is 16.8 Å². The molecule has 1 N–H and O–H groups in total. The van der Waals surface area contributed by atoms with E-state index in [4.69, 9.17) is 0 Å². The zero-order valence-electron chi connectivity index (χ0n) is 17.1. The molecular formula is C25H23N3O3. The molecule has 1 saturated carbocycles. The molecule has 5 rings (SSSR count). The number of benzene rings is 2. The molecule has 2 heterocycles. The first-order chi connectivity index (χ1) is 15.1. The molecule has 3 aromatic rings. The van der Waals surface area contributed by atoms with E-state index in [2.05, 4.69) is 10.3 Å². The van der Waals surface area contributed by atoms with Crippen LogP contribution >= 0.6 is 0 Å². The van der Waals surface area contributed by atoms with Gasteiger partial charge in [0.1, 0.15) is 0 Å². The molecule has 31 heavy (non-hydrogen) atoms. The maximum Gasteiger partial charge on any atom is 0.261 e. The fourth-order valence-corrected chi connectivity index (χ4v) is 4.84. The first-order valence-corrected chi connectivity index (χ1v) is 10.7. The van der Waals surface area contributed by atoms with Crippen LogP contribution in [0, 0.1) is 11.8 Å². The highest BCUT2D eigenvalue weighted by atomic mass is 16.2. The third kappa shape index (κ3) is 3.48. The van der Waals surface area contributed by atoms with Crippen LogP contribution in [0.25, 0.3) is 10.9 Å². The molecule has 2 aliphatic rings. The van der Waals surface area contributed by atoms with E-state index in [1.807, 2.05) is 30.3 Å². The third-order valence-electron chi connectivity index (χ3n) is 6.43. The van der Waals surface area contributed by atoms with Crippen LogP contribution in [0.1, 0.15) is 46.4 Å². The number of anilines is 1. The molecule has 156 valence electrons. The normalized spacial score (nSPS) is 20.7. The number of carbonyl (C=O) groups is 3. The van der Waals surface area contributed by atoms with Crippen LogP contribution in [0.5, 0.6) is 0 Å². The van der Waals surface area contributed by atoms with E-state index in [-0.39, 0.29) is 36.1 Å². The van der Waals surface area contributed by atoms with Gasteiger partial charge in [0.05, 0.1) is 22.3 Å². The van der Waals surface area contributed by atoms with Gasteiger partial charge in [0.25, 0.3) is 11.8 Å². The fourth-order valence-electron chi connectivity index (χ4n) is 4.84. The predicted molar refractivity (Wildman–Crippen MR) is 118 cm³/mol. The highest BCUT2D eigenvalue weighted by Crippen LogP contribution is 2.34. The summed E-state index contributed by atoms with van der Waals surface area (Å²) < 4.78 is 0. The minimum absolute atomic E-state index is 0.0566. The Morgan fingerprint density at radius 3 is 2.42 bits per heavy atom. The van der Waals surface area contributed by atoms with Gasteiger partial charge in [-0.2, -0.15) is 0 Å². The molecule has 1 aliphatic heterocycles. The summed E-state index contributed by atoms with van der Waals surface area (Å²) in [5, 5.41) is 4.02. The van der Waals surface area contributed by atoms with Crippen molar-refractivity contribution in [3.63, 3.8) is 0 Å². The summed E-state index contributed by atoms with van der Waals surface area (Å²) in [7, 11) is 0. The van der Waals surface area contributed by atoms with Crippen LogP contribution in [-0.2, 0) is 4.79 Å². The Kier molecular flexibility index (Phi) is 4.98. The number of hydrogen-bond donors (Lipinski definition) is 1. The molecule has 6 nitrogen and oxygen atoms in total. The van der Waals surface area contributed by atoms with Gasteiger partial charge in [-0.15, -0.1) is 0 Å². The van der Waals surface area contributed by atoms with Gasteiger partial charge in [0, 0.05) is 24.0 Å². The van der Waals surface area contributed by atoms with E-state index < -0.39 is 0 Å². The maximum absolute atomic E-state index is 13.2. The topological polar surface area (TPSA) is 79.4 Å². The SMILES string of the molecule is O=C(Nc1cccc2cccnc12)C1CCCCC1CN1C(=O)c2ccccc2C1=O. The van der Waals surface area contributed by atoms with Crippen molar-refractivity contribution in [2.75, 3.05) is 11.9 Å². The molecule has 1 fully saturated rings. The molecular weight excluding hydrogens is 390 g/mol. The average Bonchev–Trinajstić information content (AvgIpc) is 3.05. The molecule has 3 amide bonds. The number of hydrogen-bond acceptors (Lipinski definition) is 4. The van der Waals surface area contributed by atoms with E-state index in [9.17, 15) is 14.4 Å². The number of pyridine rings is 1. The van der Waals surface area contributed by atoms with Gasteiger partial charge in [-0.25, -0.2) is 0 Å². The summed E-state index contributed by atoms with van der Waals surface area (Å²) in [6.07, 6.45) is 5.23. The first kappa shape index (κ1) is 19.4. The first-order valence-electron chi connectivity index (χ1n) is 10.7. The lowest BCUT2D eigenvalue weighted by atomic mass is 9.78. The number of aromatic nitrogens is 1. The van der Waals surface area contributed by atoms with Gasteiger partial charge >= 0.3 is 0 Å². The highest BCUT2D eigenvalue weighted by molar-refractivity contribution is 6.21. The van der Waals surface area contributed by atoms with Crippen molar-refractivity contribution < 1.29 is 14.4 Å². The second-order valence-corrected chi connectivity index (χ2v) is 8.29. The Labute approximate surface area is 180 Å². The van der Waals surface area contributed by atoms with Crippen LogP contribution in [-0.4, -0.2) is 34.2 Å². The standard InChI is InChI=1S/C25H23N3O3/c29-23(27-21-13-5-8-16-9-6-14-26-22(16)21)18-10-2-1-7-17(18)15-28-24(30)19-11-3-4-12-20(19)25(28)31/h3-6,8-9,11-14,17-18H,1-2,7,10,15H2,(H,27,29). The number of amides is 3. The quantitative estimate of drug-likeness (QED) is 0.648. The molecule has 6 heteroatoms. The van der Waals surface area contributed by atoms with Crippen LogP contribution in [0.2, 0.25) is 0 Å². The van der Waals surface area contributed by atoms with Crippen molar-refractivity contribution in [3.8, 4) is 0 Å². The number of nitrogens with one attached hydrogen (secondary N) is 1. The third-order valence-corrected chi connectivity index (χ3v) is 6.43. The average molecular weight is 413 g/mol. The number of fused-ring (bicyclic) bond motifs is 2. The minimum Gasteiger partial charge on any atom is -0.324 e. The Morgan fingerprint density at radius 2 is 1.65 bits per heavy atom. The molecule has 2 atom stereocenters. The van der Waals surface area contributed by atoms with Gasteiger partial charge in [-0.1, -0.05) is 43.2 Å². The maximum atomic E-state index is 13.2. The van der Waals surface area contributed by atoms with Crippen molar-refractivity contribution in [1.82, 2.24) is 9.88 Å². The van der Waals surface area contributed by atoms with Gasteiger partial charge in [-0.05, 0) is 43.0 Å². The molecule has 0 spiro atoms. The molecule has 0 radical (unpaired) electrons. The lowest BCUT2D eigenvalue weighted by molar-refractivity contribution is -0.122. The lowest BCUT2D eigenvalue weighted by Gasteiger charge is -2.32. The van der Waals surface area contributed by atoms with Crippen LogP contribution in [0.3, 0.4) is 0 Å². The summed E-state index contributed by atoms with van der Waals surface area (Å²) >= 11 is 0. The Balaban J connectivity index is 1.36. The summed E-state index contributed by atoms with van der Waals surface area (Å²) in [6.45, 7) is 0.276. The zero-order chi connectivity index (χ0) is 21.4. The monoisotopic (exact) mass is 413 g/mol. The molecule has 2 unspecified atom stereocenters. The number of rotatable bonds is 4. The minimum atomic E-state index is -0.261. The molecule has 0 bridgehead atoms. The summed E-state index contributed by atoms with van der Waals surface area (Å²) in [4.78, 5) is 44.6. The van der Waals surface area contributed by atoms with Crippen molar-refractivity contribution in [3.05, 3.63) is 71.9 Å². The summed E-state index contributed by atoms with van der Waals surface area (Å²) in [6, 6.07) is 16.5. The second kappa shape index (κ2) is 7.95. The van der Waals surface area contributed by atoms with Crippen molar-refractivity contribution in [2.24, 2.45) is 11.8 Å². The van der Waals surface area contributed by atoms with Crippen molar-refractivity contribution in [2.45, 2.75) is 25.7 Å². The summed E-state index contributed by atoms with van der Waals surface area (Å²) in [5.74, 6) is -0.900. The molecule has 2 aromatic carbocycles. The van der Waals surface area contributed by atoms with Crippen LogP contribution < -0.4 is 5.32 Å². The van der Waals surface area contributed by atoms with E-state index >= 15 is 0 Å². The van der Waals surface area contributed by atoms with Gasteiger partial charge in [0.2, 0.25) is 5.91 Å². The number of carbonyl (C=O) groups excluding carboxylic acids is 3. The Hall–Kier alpha value is -3.54.